The molecule has 5 unspecified atom stereocenters. The van der Waals surface area contributed by atoms with Crippen LogP contribution in [0.1, 0.15) is 59.4 Å². The van der Waals surface area contributed by atoms with E-state index in [0.29, 0.717) is 18.5 Å². The zero-order valence-electron chi connectivity index (χ0n) is 17.6. The van der Waals surface area contributed by atoms with Crippen molar-refractivity contribution in [3.8, 4) is 0 Å². The molecule has 7 heteroatoms. The summed E-state index contributed by atoms with van der Waals surface area (Å²) in [6, 6.07) is -0.472. The van der Waals surface area contributed by atoms with Gasteiger partial charge in [-0.1, -0.05) is 18.2 Å². The lowest BCUT2D eigenvalue weighted by Gasteiger charge is -2.26. The molecule has 2 heterocycles. The van der Waals surface area contributed by atoms with Gasteiger partial charge in [-0.25, -0.2) is 4.79 Å². The van der Waals surface area contributed by atoms with Crippen molar-refractivity contribution in [3.05, 3.63) is 52.4 Å². The highest BCUT2D eigenvalue weighted by Crippen LogP contribution is 2.50. The third-order valence-corrected chi connectivity index (χ3v) is 7.50. The van der Waals surface area contributed by atoms with Gasteiger partial charge in [0.1, 0.15) is 11.7 Å². The highest BCUT2D eigenvalue weighted by molar-refractivity contribution is 6.01. The van der Waals surface area contributed by atoms with Crippen LogP contribution in [-0.2, 0) is 16.0 Å². The highest BCUT2D eigenvalue weighted by atomic mass is 16.4. The van der Waals surface area contributed by atoms with Gasteiger partial charge in [0.25, 0.3) is 0 Å². The Hall–Kier alpha value is -2.93. The number of hydrogen-bond acceptors (Lipinski definition) is 4. The van der Waals surface area contributed by atoms with Crippen molar-refractivity contribution < 1.29 is 24.6 Å². The number of aromatic nitrogens is 1. The summed E-state index contributed by atoms with van der Waals surface area (Å²) in [5, 5.41) is 22.8. The summed E-state index contributed by atoms with van der Waals surface area (Å²) in [6.07, 6.45) is 10.3. The van der Waals surface area contributed by atoms with E-state index in [0.717, 1.165) is 35.2 Å². The summed E-state index contributed by atoms with van der Waals surface area (Å²) in [5.74, 6) is -1.39. The number of aliphatic carboxylic acids is 1. The molecule has 162 valence electrons. The molecule has 0 aromatic carbocycles. The van der Waals surface area contributed by atoms with E-state index in [2.05, 4.69) is 17.5 Å². The van der Waals surface area contributed by atoms with Crippen LogP contribution in [-0.4, -0.2) is 44.6 Å². The van der Waals surface area contributed by atoms with E-state index in [9.17, 15) is 24.6 Å². The molecule has 4 aliphatic rings. The van der Waals surface area contributed by atoms with Crippen molar-refractivity contribution in [3.63, 3.8) is 0 Å². The Kier molecular flexibility index (Phi) is 4.55. The smallest absolute Gasteiger partial charge is 0.353 e. The van der Waals surface area contributed by atoms with Crippen LogP contribution < -0.4 is 5.32 Å². The van der Waals surface area contributed by atoms with Gasteiger partial charge in [-0.3, -0.25) is 9.59 Å². The third kappa shape index (κ3) is 2.94. The lowest BCUT2D eigenvalue weighted by atomic mass is 9.82. The van der Waals surface area contributed by atoms with Gasteiger partial charge in [0, 0.05) is 24.2 Å². The van der Waals surface area contributed by atoms with Gasteiger partial charge in [-0.05, 0) is 67.6 Å². The number of allylic oxidation sites excluding steroid dienone is 4. The molecule has 1 aliphatic heterocycles. The Balaban J connectivity index is 1.58. The number of nitrogens with one attached hydrogen (secondary N) is 1. The zero-order chi connectivity index (χ0) is 22.0. The lowest BCUT2D eigenvalue weighted by Crippen LogP contribution is -2.40. The second-order valence-corrected chi connectivity index (χ2v) is 9.15. The molecule has 1 fully saturated rings. The summed E-state index contributed by atoms with van der Waals surface area (Å²) in [6.45, 7) is 3.77. The van der Waals surface area contributed by atoms with E-state index >= 15 is 0 Å². The van der Waals surface area contributed by atoms with Crippen LogP contribution >= 0.6 is 0 Å². The van der Waals surface area contributed by atoms with Gasteiger partial charge in [-0.2, -0.15) is 0 Å². The fourth-order valence-corrected chi connectivity index (χ4v) is 6.16. The fraction of sp³-hybridized carbons (Fsp3) is 0.458. The Bertz CT molecular complexity index is 1110. The van der Waals surface area contributed by atoms with E-state index < -0.39 is 18.0 Å². The predicted octanol–water partition coefficient (Wildman–Crippen LogP) is 2.90. The predicted molar refractivity (Wildman–Crippen MR) is 114 cm³/mol. The van der Waals surface area contributed by atoms with Crippen molar-refractivity contribution >= 4 is 23.4 Å². The van der Waals surface area contributed by atoms with Crippen molar-refractivity contribution in [2.75, 3.05) is 0 Å². The standard InChI is InChI=1S/C24H26N2O5/c1-11-3-5-14(27)10-19(11)26-18-8-7-15(20(18)12(2)22(26)24(30)31)16-6-4-13-9-17(23(28)29)25-21(13)16/h3-4,6,10,13,15-17,21,25H,5,7-9H2,1-2H3,(H,28,29)(H,30,31). The molecule has 5 atom stereocenters. The monoisotopic (exact) mass is 422 g/mol. The number of carbonyl (C=O) groups is 3. The summed E-state index contributed by atoms with van der Waals surface area (Å²) < 4.78 is 1.79. The van der Waals surface area contributed by atoms with Crippen LogP contribution in [0, 0.1) is 18.8 Å². The second kappa shape index (κ2) is 7.05. The molecule has 3 N–H and O–H groups in total. The number of rotatable bonds is 4. The molecule has 0 bridgehead atoms. The van der Waals surface area contributed by atoms with Gasteiger partial charge >= 0.3 is 11.9 Å². The number of fused-ring (bicyclic) bond motifs is 2. The Morgan fingerprint density at radius 1 is 1.19 bits per heavy atom. The molecule has 7 nitrogen and oxygen atoms in total. The van der Waals surface area contributed by atoms with Crippen LogP contribution in [0.2, 0.25) is 0 Å². The third-order valence-electron chi connectivity index (χ3n) is 7.50. The van der Waals surface area contributed by atoms with E-state index in [1.165, 1.54) is 0 Å². The number of ketones is 1. The molecule has 0 spiro atoms. The SMILES string of the molecule is CC1=CCC(=O)C=C1n1c2c(c(C)c1C(=O)O)C(C1C=CC3CC(C(=O)O)NC31)CC2. The molecule has 1 saturated heterocycles. The average Bonchev–Trinajstić information content (AvgIpc) is 3.44. The number of nitrogens with zero attached hydrogens (tertiary/aromatic N) is 1. The van der Waals surface area contributed by atoms with Crippen molar-refractivity contribution in [1.29, 1.82) is 0 Å². The van der Waals surface area contributed by atoms with Gasteiger partial charge in [0.15, 0.2) is 5.78 Å². The van der Waals surface area contributed by atoms with Gasteiger partial charge in [-0.15, -0.1) is 0 Å². The fourth-order valence-electron chi connectivity index (χ4n) is 6.16. The molecular weight excluding hydrogens is 396 g/mol. The van der Waals surface area contributed by atoms with E-state index in [4.69, 9.17) is 0 Å². The minimum absolute atomic E-state index is 0.0250. The lowest BCUT2D eigenvalue weighted by molar-refractivity contribution is -0.139. The largest absolute Gasteiger partial charge is 0.480 e. The Morgan fingerprint density at radius 2 is 1.97 bits per heavy atom. The topological polar surface area (TPSA) is 109 Å². The first kappa shape index (κ1) is 20.0. The van der Waals surface area contributed by atoms with Crippen LogP contribution in [0.3, 0.4) is 0 Å². The Morgan fingerprint density at radius 3 is 2.68 bits per heavy atom. The summed E-state index contributed by atoms with van der Waals surface area (Å²) in [5.41, 5.74) is 4.57. The first-order chi connectivity index (χ1) is 14.8. The molecule has 0 radical (unpaired) electrons. The van der Waals surface area contributed by atoms with E-state index in [-0.39, 0.29) is 35.3 Å². The molecule has 0 saturated carbocycles. The normalized spacial score (nSPS) is 31.4. The quantitative estimate of drug-likeness (QED) is 0.644. The van der Waals surface area contributed by atoms with Gasteiger partial charge < -0.3 is 20.1 Å². The van der Waals surface area contributed by atoms with Gasteiger partial charge in [0.2, 0.25) is 0 Å². The molecule has 31 heavy (non-hydrogen) atoms. The summed E-state index contributed by atoms with van der Waals surface area (Å²) in [4.78, 5) is 35.9. The van der Waals surface area contributed by atoms with Crippen LogP contribution in [0.4, 0.5) is 0 Å². The maximum absolute atomic E-state index is 12.3. The average molecular weight is 422 g/mol. The maximum atomic E-state index is 12.3. The highest BCUT2D eigenvalue weighted by Gasteiger charge is 2.48. The Labute approximate surface area is 180 Å². The van der Waals surface area contributed by atoms with Crippen molar-refractivity contribution in [2.24, 2.45) is 11.8 Å². The summed E-state index contributed by atoms with van der Waals surface area (Å²) >= 11 is 0. The number of aromatic carboxylic acids is 1. The first-order valence-corrected chi connectivity index (χ1v) is 10.8. The summed E-state index contributed by atoms with van der Waals surface area (Å²) in [7, 11) is 0. The molecule has 0 amide bonds. The number of carboxylic acid groups (broad SMARTS) is 2. The van der Waals surface area contributed by atoms with E-state index in [1.54, 1.807) is 10.6 Å². The van der Waals surface area contributed by atoms with Crippen molar-refractivity contribution in [2.45, 2.75) is 57.5 Å². The molecular formula is C24H26N2O5. The number of carboxylic acids is 2. The van der Waals surface area contributed by atoms with E-state index in [1.807, 2.05) is 19.9 Å². The minimum atomic E-state index is -0.998. The first-order valence-electron chi connectivity index (χ1n) is 10.8. The number of hydrogen-bond donors (Lipinski definition) is 3. The van der Waals surface area contributed by atoms with Crippen LogP contribution in [0.5, 0.6) is 0 Å². The zero-order valence-corrected chi connectivity index (χ0v) is 17.6. The van der Waals surface area contributed by atoms with Crippen molar-refractivity contribution in [1.82, 2.24) is 9.88 Å². The molecule has 5 rings (SSSR count). The second-order valence-electron chi connectivity index (χ2n) is 9.15. The van der Waals surface area contributed by atoms with Crippen LogP contribution in [0.25, 0.3) is 5.70 Å². The minimum Gasteiger partial charge on any atom is -0.480 e. The molecule has 3 aliphatic carbocycles. The van der Waals surface area contributed by atoms with Gasteiger partial charge in [0.05, 0.1) is 5.70 Å². The van der Waals surface area contributed by atoms with Crippen LogP contribution in [0.15, 0.2) is 29.9 Å². The molecule has 1 aromatic heterocycles. The molecule has 1 aromatic rings. The maximum Gasteiger partial charge on any atom is 0.353 e. The number of carbonyl (C=O) groups excluding carboxylic acids is 1.